The quantitative estimate of drug-likeness (QED) is 0.0331. The van der Waals surface area contributed by atoms with Gasteiger partial charge in [0.05, 0.1) is 52.9 Å². The molecule has 3 atom stereocenters. The fraction of sp³-hybridized carbons (Fsp3) is 0.314. The van der Waals surface area contributed by atoms with E-state index < -0.39 is 0 Å². The summed E-state index contributed by atoms with van der Waals surface area (Å²) in [5.41, 5.74) is 13.4. The number of aryl methyl sites for hydroxylation is 3. The number of amides is 3. The molecule has 11 heterocycles. The first-order valence-corrected chi connectivity index (χ1v) is 34.6. The van der Waals surface area contributed by atoms with Crippen molar-refractivity contribution in [2.45, 2.75) is 84.1 Å². The number of rotatable bonds is 9. The summed E-state index contributed by atoms with van der Waals surface area (Å²) >= 11 is 7.35. The number of carbonyl (C=O) groups excluding carboxylic acids is 3. The third-order valence-corrected chi connectivity index (χ3v) is 18.1. The Morgan fingerprint density at radius 3 is 1.46 bits per heavy atom. The third-order valence-electron chi connectivity index (χ3n) is 17.3. The normalized spacial score (nSPS) is 15.8. The molecule has 0 spiro atoms. The lowest BCUT2D eigenvalue weighted by Crippen LogP contribution is -2.40. The Morgan fingerprint density at radius 2 is 0.962 bits per heavy atom. The Bertz CT molecular complexity index is 4980. The Balaban J connectivity index is 0.000000181. The number of nitrogens with two attached hydrogens (primary N) is 1. The highest BCUT2D eigenvalue weighted by molar-refractivity contribution is 7.98. The Hall–Kier alpha value is -11.5. The van der Waals surface area contributed by atoms with Crippen LogP contribution in [0, 0.1) is 31.6 Å². The second-order valence-corrected chi connectivity index (χ2v) is 25.6. The van der Waals surface area contributed by atoms with Crippen LogP contribution in [0.5, 0.6) is 0 Å². The van der Waals surface area contributed by atoms with Gasteiger partial charge in [0.2, 0.25) is 23.0 Å². The summed E-state index contributed by atoms with van der Waals surface area (Å²) in [5, 5.41) is 35.4. The van der Waals surface area contributed by atoms with Crippen LogP contribution in [0.2, 0.25) is 5.02 Å². The highest BCUT2D eigenvalue weighted by atomic mass is 35.5. The number of hydrogen-bond donors (Lipinski definition) is 7. The minimum absolute atomic E-state index is 0. The van der Waals surface area contributed by atoms with E-state index in [9.17, 15) is 28.8 Å². The Labute approximate surface area is 606 Å². The molecule has 104 heavy (non-hydrogen) atoms. The topological polar surface area (TPSA) is 449 Å². The molecule has 32 nitrogen and oxygen atoms in total. The molecule has 3 aromatic carbocycles. The maximum absolute atomic E-state index is 13.7. The smallest absolute Gasteiger partial charge is 0.268 e. The van der Waals surface area contributed by atoms with Gasteiger partial charge in [-0.05, 0) is 128 Å². The lowest BCUT2D eigenvalue weighted by atomic mass is 10.1. The summed E-state index contributed by atoms with van der Waals surface area (Å²) < 4.78 is 0. The van der Waals surface area contributed by atoms with Crippen LogP contribution in [0.3, 0.4) is 0 Å². The molecule has 0 unspecified atom stereocenters. The molecular weight excluding hydrogens is 1370 g/mol. The number of nitrogen functional groups attached to an aromatic ring is 1. The lowest BCUT2D eigenvalue weighted by molar-refractivity contribution is 0.0696. The van der Waals surface area contributed by atoms with Gasteiger partial charge in [-0.3, -0.25) is 28.8 Å². The lowest BCUT2D eigenvalue weighted by Gasteiger charge is -2.27. The number of H-pyrrole nitrogens is 3. The molecule has 11 aromatic rings. The van der Waals surface area contributed by atoms with Crippen molar-refractivity contribution in [3.05, 3.63) is 198 Å². The highest BCUT2D eigenvalue weighted by Gasteiger charge is 2.32. The average molecular weight is 1450 g/mol. The van der Waals surface area contributed by atoms with Crippen LogP contribution in [0.4, 0.5) is 17.6 Å². The van der Waals surface area contributed by atoms with Crippen LogP contribution in [0.1, 0.15) is 87.8 Å². The minimum atomic E-state index is -0.388. The first kappa shape index (κ1) is 78.2. The minimum Gasteiger partial charge on any atom is -2.00 e. The first-order chi connectivity index (χ1) is 49.2. The molecule has 3 amide bonds. The molecule has 3 aliphatic heterocycles. The molecule has 544 valence electrons. The van der Waals surface area contributed by atoms with Crippen LogP contribution in [0.25, 0.3) is 44.5 Å². The van der Waals surface area contributed by atoms with Gasteiger partial charge >= 0.3 is 0 Å². The fourth-order valence-electron chi connectivity index (χ4n) is 11.6. The Morgan fingerprint density at radius 1 is 0.529 bits per heavy atom. The molecule has 0 bridgehead atoms. The van der Waals surface area contributed by atoms with E-state index in [0.717, 1.165) is 78.8 Å². The summed E-state index contributed by atoms with van der Waals surface area (Å²) in [4.78, 5) is 121. The van der Waals surface area contributed by atoms with E-state index in [4.69, 9.17) is 28.2 Å². The van der Waals surface area contributed by atoms with Crippen molar-refractivity contribution in [1.29, 1.82) is 10.8 Å². The molecule has 0 radical (unpaired) electrons. The van der Waals surface area contributed by atoms with Gasteiger partial charge in [-0.25, -0.2) is 19.9 Å². The van der Waals surface area contributed by atoms with Crippen molar-refractivity contribution >= 4 is 104 Å². The van der Waals surface area contributed by atoms with E-state index in [0.29, 0.717) is 112 Å². The van der Waals surface area contributed by atoms with Gasteiger partial charge in [-0.1, -0.05) is 58.3 Å². The number of thioether (sulfide) groups is 1. The summed E-state index contributed by atoms with van der Waals surface area (Å²) in [6, 6.07) is 25.2. The van der Waals surface area contributed by atoms with Crippen LogP contribution >= 0.6 is 23.4 Å². The third kappa shape index (κ3) is 19.4. The summed E-state index contributed by atoms with van der Waals surface area (Å²) in [6.07, 6.45) is 17.6. The molecule has 34 heteroatoms. The molecule has 9 N–H and O–H groups in total. The molecule has 0 aliphatic carbocycles. The van der Waals surface area contributed by atoms with Gasteiger partial charge in [0, 0.05) is 135 Å². The number of pyridine rings is 3. The zero-order valence-corrected chi connectivity index (χ0v) is 59.8. The number of anilines is 3. The predicted octanol–water partition coefficient (Wildman–Crippen LogP) is 6.98. The van der Waals surface area contributed by atoms with Gasteiger partial charge < -0.3 is 72.3 Å². The van der Waals surface area contributed by atoms with Crippen LogP contribution in [-0.2, 0) is 5.48 Å². The number of nitrogens with one attached hydrogen (secondary N) is 6. The van der Waals surface area contributed by atoms with Gasteiger partial charge in [-0.15, -0.1) is 0 Å². The van der Waals surface area contributed by atoms with Crippen LogP contribution in [-0.4, -0.2) is 208 Å². The van der Waals surface area contributed by atoms with Crippen molar-refractivity contribution < 1.29 is 25.3 Å². The van der Waals surface area contributed by atoms with E-state index in [1.54, 1.807) is 61.6 Å². The van der Waals surface area contributed by atoms with Crippen molar-refractivity contribution in [3.63, 3.8) is 0 Å². The predicted molar refractivity (Wildman–Crippen MR) is 398 cm³/mol. The van der Waals surface area contributed by atoms with E-state index in [1.807, 2.05) is 108 Å². The molecule has 3 aliphatic rings. The van der Waals surface area contributed by atoms with Crippen molar-refractivity contribution in [1.82, 2.24) is 94.9 Å². The highest BCUT2D eigenvalue weighted by Crippen LogP contribution is 2.27. The number of benzene rings is 3. The van der Waals surface area contributed by atoms with Crippen molar-refractivity contribution in [3.8, 4) is 11.4 Å². The van der Waals surface area contributed by atoms with Gasteiger partial charge in [-0.2, -0.15) is 40.0 Å². The number of halogens is 1. The molecular formula is C70H80ClN24O8S-3. The van der Waals surface area contributed by atoms with Crippen molar-refractivity contribution in [2.75, 3.05) is 80.7 Å². The standard InChI is InChI=1S/C23H23ClN8O2.C23H24N8O2.C14H21N3O.C8H7N3OS.C2H4N2.H2O.O/c1-14-3-4-19(32-26-6-7-27-32)17(11-14)22(34)31-10-9-30(8-5-15(31)2)23-25-13-16-12-18(24)21(33)28-20(16)29-23;1-15-3-5-19(31-25-8-9-26-31)18(13-15)22(33)30-12-11-29(10-7-16(30)2)23-24-14-17-4-6-20(32)27-21(17)28-23;1-10-3-4-13(15)12(9-10)14(18)17-8-7-16-6-5-11(17)2;1-13-8-9-4-5-2-3-6(12)10-7(5)11-8;3-1-2-4;;/h3-4,6-7,11-13,15H,5,8-10H2,1-2H3,(H,25,28,29,33);3-6,8-9,13-14,16H,7,10-12H2,1-2H3,(H,24,27,28,32);3-4,9,11,16H,5-8,15H2,1-2H3;2-4H,1H3,(H,9,10,11,12);1-4H;1H2;/q;;;;;;-2/p-1/t15-;16-;11-;;;;/m111..../s1. The number of hydrogen-bond acceptors (Lipinski definition) is 24. The number of carbonyl (C=O) groups is 3. The van der Waals surface area contributed by atoms with E-state index in [1.165, 1.54) is 33.5 Å². The van der Waals surface area contributed by atoms with Gasteiger partial charge in [0.1, 0.15) is 22.0 Å². The maximum atomic E-state index is 13.7. The zero-order valence-electron chi connectivity index (χ0n) is 58.3. The Kier molecular flexibility index (Phi) is 27.4. The summed E-state index contributed by atoms with van der Waals surface area (Å²) in [7, 11) is 0. The van der Waals surface area contributed by atoms with Gasteiger partial charge in [0.15, 0.2) is 5.16 Å². The monoisotopic (exact) mass is 1450 g/mol. The van der Waals surface area contributed by atoms with E-state index in [-0.39, 0.29) is 68.5 Å². The van der Waals surface area contributed by atoms with E-state index in [2.05, 4.69) is 89.3 Å². The number of aromatic amines is 3. The summed E-state index contributed by atoms with van der Waals surface area (Å²) in [6.45, 7) is 18.2. The van der Waals surface area contributed by atoms with Crippen LogP contribution < -0.4 is 37.5 Å². The van der Waals surface area contributed by atoms with Gasteiger partial charge in [0.25, 0.3) is 23.3 Å². The molecule has 14 rings (SSSR count). The second kappa shape index (κ2) is 36.4. The van der Waals surface area contributed by atoms with Crippen molar-refractivity contribution in [2.24, 2.45) is 0 Å². The summed E-state index contributed by atoms with van der Waals surface area (Å²) in [5.74, 6) is 0.979. The largest absolute Gasteiger partial charge is 2.00 e. The van der Waals surface area contributed by atoms with Crippen LogP contribution in [0.15, 0.2) is 148 Å². The SMILES string of the molecule is CSc1ncc2ccc(=O)[nH]c2n1.Cc1ccc(-n2nccn2)c(C(=O)N2CCN(c3ncc4cc(Cl)c(=O)[nH]c4n3)CC[C@H]2C)c1.Cc1ccc(-n2nccn2)c(C(=O)N2CCN(c3ncc4ccc(=O)[nH]c4n3)CC[C@H]2C)c1.Cc1ccc(N)c(C(=O)N2CCNCC[C@H]2C)c1.N=CC=N.[O-2].[OH-]. The first-order valence-electron chi connectivity index (χ1n) is 33.0. The average Bonchev–Trinajstić information content (AvgIpc) is 1.58. The molecule has 3 fully saturated rings. The number of aromatic nitrogens is 15. The molecule has 0 saturated carbocycles. The zero-order chi connectivity index (χ0) is 72.6. The molecule has 3 saturated heterocycles. The maximum Gasteiger partial charge on any atom is 0.268 e. The van der Waals surface area contributed by atoms with E-state index >= 15 is 0 Å². The fourth-order valence-corrected chi connectivity index (χ4v) is 12.1. The number of nitrogens with zero attached hydrogens (tertiary/aromatic N) is 17. The second-order valence-electron chi connectivity index (χ2n) is 24.4. The molecule has 8 aromatic heterocycles. The number of fused-ring (bicyclic) bond motifs is 3.